The van der Waals surface area contributed by atoms with Crippen LogP contribution in [0.2, 0.25) is 0 Å². The van der Waals surface area contributed by atoms with E-state index >= 15 is 0 Å². The van der Waals surface area contributed by atoms with Gasteiger partial charge in [-0.25, -0.2) is 14.5 Å². The van der Waals surface area contributed by atoms with Crippen LogP contribution < -0.4 is 10.2 Å². The van der Waals surface area contributed by atoms with Crippen LogP contribution in [0.5, 0.6) is 0 Å². The molecule has 184 valence electrons. The van der Waals surface area contributed by atoms with E-state index in [-0.39, 0.29) is 17.9 Å². The van der Waals surface area contributed by atoms with Crippen LogP contribution in [0.15, 0.2) is 30.9 Å². The summed E-state index contributed by atoms with van der Waals surface area (Å²) in [7, 11) is 7.57. The van der Waals surface area contributed by atoms with Gasteiger partial charge in [0.2, 0.25) is 5.91 Å². The highest BCUT2D eigenvalue weighted by Gasteiger charge is 2.31. The van der Waals surface area contributed by atoms with Crippen molar-refractivity contribution < 1.29 is 9.53 Å². The minimum Gasteiger partial charge on any atom is -0.380 e. The van der Waals surface area contributed by atoms with E-state index in [2.05, 4.69) is 31.3 Å². The number of anilines is 3. The standard InChI is InChI=1S/C25H31N7O2S/c1-15(34-5)12-31(4)25(33)16-6-7-18-21(10-16)35-24-22(18)23(26-14-27-24)29-19-11-17-8-9-28-32(17)13-20(19)30(2)3/h8-9,11,13-16H,6-7,10,12H2,1-5H3,(H,26,27,29)/t15-,16-/m0/s1. The van der Waals surface area contributed by atoms with Crippen molar-refractivity contribution in [3.8, 4) is 0 Å². The number of ether oxygens (including phenoxy) is 1. The van der Waals surface area contributed by atoms with Gasteiger partial charge in [-0.15, -0.1) is 11.3 Å². The molecular weight excluding hydrogens is 462 g/mol. The fourth-order valence-electron chi connectivity index (χ4n) is 4.82. The summed E-state index contributed by atoms with van der Waals surface area (Å²) in [5.41, 5.74) is 4.24. The molecule has 4 heterocycles. The number of hydrogen-bond acceptors (Lipinski definition) is 8. The quantitative estimate of drug-likeness (QED) is 0.420. The molecule has 4 aromatic rings. The minimum atomic E-state index is -0.0152. The van der Waals surface area contributed by atoms with Gasteiger partial charge >= 0.3 is 0 Å². The number of carbonyl (C=O) groups is 1. The molecule has 0 saturated carbocycles. The normalized spacial score (nSPS) is 16.3. The number of aromatic nitrogens is 4. The first kappa shape index (κ1) is 23.5. The zero-order valence-corrected chi connectivity index (χ0v) is 21.6. The maximum Gasteiger partial charge on any atom is 0.225 e. The summed E-state index contributed by atoms with van der Waals surface area (Å²) < 4.78 is 7.20. The molecule has 0 spiro atoms. The van der Waals surface area contributed by atoms with Gasteiger partial charge in [0.25, 0.3) is 0 Å². The highest BCUT2D eigenvalue weighted by Crippen LogP contribution is 2.41. The first-order valence-corrected chi connectivity index (χ1v) is 12.6. The molecule has 0 unspecified atom stereocenters. The third kappa shape index (κ3) is 4.43. The van der Waals surface area contributed by atoms with Gasteiger partial charge in [0.15, 0.2) is 0 Å². The fourth-order valence-corrected chi connectivity index (χ4v) is 6.08. The number of thiophene rings is 1. The van der Waals surface area contributed by atoms with Crippen molar-refractivity contribution in [1.29, 1.82) is 0 Å². The molecule has 0 radical (unpaired) electrons. The molecule has 0 aromatic carbocycles. The summed E-state index contributed by atoms with van der Waals surface area (Å²) in [6.45, 7) is 2.58. The second-order valence-electron chi connectivity index (χ2n) is 9.40. The minimum absolute atomic E-state index is 0.0152. The van der Waals surface area contributed by atoms with Crippen LogP contribution in [0.3, 0.4) is 0 Å². The van der Waals surface area contributed by atoms with Crippen LogP contribution >= 0.6 is 11.3 Å². The molecule has 0 fully saturated rings. The zero-order chi connectivity index (χ0) is 24.7. The highest BCUT2D eigenvalue weighted by atomic mass is 32.1. The summed E-state index contributed by atoms with van der Waals surface area (Å²) in [4.78, 5) is 28.4. The van der Waals surface area contributed by atoms with Gasteiger partial charge in [0.05, 0.1) is 34.6 Å². The maximum atomic E-state index is 13.1. The van der Waals surface area contributed by atoms with Crippen molar-refractivity contribution in [2.45, 2.75) is 32.3 Å². The molecule has 2 atom stereocenters. The first-order chi connectivity index (χ1) is 16.9. The lowest BCUT2D eigenvalue weighted by Crippen LogP contribution is -2.39. The lowest BCUT2D eigenvalue weighted by Gasteiger charge is -2.28. The predicted molar refractivity (Wildman–Crippen MR) is 140 cm³/mol. The van der Waals surface area contributed by atoms with Gasteiger partial charge in [-0.1, -0.05) is 0 Å². The molecule has 1 amide bonds. The third-order valence-corrected chi connectivity index (χ3v) is 7.92. The number of carbonyl (C=O) groups excluding carboxylic acids is 1. The van der Waals surface area contributed by atoms with Crippen LogP contribution in [0.4, 0.5) is 17.2 Å². The van der Waals surface area contributed by atoms with Gasteiger partial charge in [-0.3, -0.25) is 4.79 Å². The van der Waals surface area contributed by atoms with Gasteiger partial charge in [0.1, 0.15) is 17.0 Å². The monoisotopic (exact) mass is 493 g/mol. The largest absolute Gasteiger partial charge is 0.380 e. The summed E-state index contributed by atoms with van der Waals surface area (Å²) >= 11 is 1.68. The number of aryl methyl sites for hydroxylation is 1. The van der Waals surface area contributed by atoms with E-state index in [1.54, 1.807) is 35.9 Å². The SMILES string of the molecule is CO[C@@H](C)CN(C)C(=O)[C@H]1CCc2c(sc3ncnc(Nc4cc5ccnn5cc4N(C)C)c23)C1. The number of nitrogens with one attached hydrogen (secondary N) is 1. The van der Waals surface area contributed by atoms with Gasteiger partial charge < -0.3 is 19.9 Å². The van der Waals surface area contributed by atoms with Crippen LogP contribution in [0, 0.1) is 5.92 Å². The molecule has 0 bridgehead atoms. The molecule has 1 N–H and O–H groups in total. The van der Waals surface area contributed by atoms with E-state index in [4.69, 9.17) is 4.74 Å². The lowest BCUT2D eigenvalue weighted by molar-refractivity contribution is -0.135. The fraction of sp³-hybridized carbons (Fsp3) is 0.440. The smallest absolute Gasteiger partial charge is 0.225 e. The molecule has 0 saturated heterocycles. The van der Waals surface area contributed by atoms with Crippen molar-refractivity contribution >= 4 is 50.2 Å². The molecule has 1 aliphatic rings. The Kier molecular flexibility index (Phi) is 6.33. The Bertz CT molecular complexity index is 1380. The van der Waals surface area contributed by atoms with Crippen LogP contribution in [-0.4, -0.2) is 71.3 Å². The van der Waals surface area contributed by atoms with E-state index < -0.39 is 0 Å². The average molecular weight is 494 g/mol. The average Bonchev–Trinajstić information content (AvgIpc) is 3.46. The van der Waals surface area contributed by atoms with E-state index in [1.165, 1.54) is 10.4 Å². The Morgan fingerprint density at radius 3 is 2.94 bits per heavy atom. The van der Waals surface area contributed by atoms with Gasteiger partial charge in [-0.2, -0.15) is 5.10 Å². The maximum absolute atomic E-state index is 13.1. The van der Waals surface area contributed by atoms with E-state index in [9.17, 15) is 4.79 Å². The molecule has 4 aromatic heterocycles. The van der Waals surface area contributed by atoms with Crippen molar-refractivity contribution in [3.05, 3.63) is 41.3 Å². The summed E-state index contributed by atoms with van der Waals surface area (Å²) in [5.74, 6) is 0.972. The lowest BCUT2D eigenvalue weighted by atomic mass is 9.87. The Balaban J connectivity index is 1.45. The highest BCUT2D eigenvalue weighted by molar-refractivity contribution is 7.19. The molecule has 5 rings (SSSR count). The number of nitrogens with zero attached hydrogens (tertiary/aromatic N) is 6. The third-order valence-electron chi connectivity index (χ3n) is 6.75. The second-order valence-corrected chi connectivity index (χ2v) is 10.5. The van der Waals surface area contributed by atoms with E-state index in [0.29, 0.717) is 6.54 Å². The topological polar surface area (TPSA) is 87.9 Å². The Hall–Kier alpha value is -3.24. The summed E-state index contributed by atoms with van der Waals surface area (Å²) in [6, 6.07) is 4.06. The number of likely N-dealkylation sites (N-methyl/N-ethyl adjacent to an activating group) is 1. The molecule has 1 aliphatic carbocycles. The number of rotatable bonds is 7. The van der Waals surface area contributed by atoms with Crippen molar-refractivity contribution in [2.75, 3.05) is 45.0 Å². The number of hydrogen-bond donors (Lipinski definition) is 1. The molecule has 0 aliphatic heterocycles. The second kappa shape index (κ2) is 9.43. The number of pyridine rings is 1. The Morgan fingerprint density at radius 2 is 2.17 bits per heavy atom. The van der Waals surface area contributed by atoms with Gasteiger partial charge in [0, 0.05) is 51.8 Å². The Labute approximate surface area is 208 Å². The van der Waals surface area contributed by atoms with E-state index in [1.807, 2.05) is 44.8 Å². The predicted octanol–water partition coefficient (Wildman–Crippen LogP) is 3.75. The molecule has 9 nitrogen and oxygen atoms in total. The number of fused-ring (bicyclic) bond motifs is 4. The van der Waals surface area contributed by atoms with Crippen LogP contribution in [0.1, 0.15) is 23.8 Å². The zero-order valence-electron chi connectivity index (χ0n) is 20.8. The molecular formula is C25H31N7O2S. The van der Waals surface area contributed by atoms with Crippen molar-refractivity contribution in [2.24, 2.45) is 5.92 Å². The summed E-state index contributed by atoms with van der Waals surface area (Å²) in [6.07, 6.45) is 7.84. The van der Waals surface area contributed by atoms with Crippen molar-refractivity contribution in [1.82, 2.24) is 24.5 Å². The first-order valence-electron chi connectivity index (χ1n) is 11.8. The molecule has 10 heteroatoms. The van der Waals surface area contributed by atoms with Gasteiger partial charge in [-0.05, 0) is 43.9 Å². The van der Waals surface area contributed by atoms with E-state index in [0.717, 1.165) is 52.2 Å². The van der Waals surface area contributed by atoms with Crippen LogP contribution in [-0.2, 0) is 22.4 Å². The number of amides is 1. The van der Waals surface area contributed by atoms with Crippen LogP contribution in [0.25, 0.3) is 15.7 Å². The van der Waals surface area contributed by atoms with Crippen molar-refractivity contribution in [3.63, 3.8) is 0 Å². The number of methoxy groups -OCH3 is 1. The summed E-state index contributed by atoms with van der Waals surface area (Å²) in [5, 5.41) is 9.01. The molecule has 35 heavy (non-hydrogen) atoms. The Morgan fingerprint density at radius 1 is 1.34 bits per heavy atom.